The van der Waals surface area contributed by atoms with Crippen molar-refractivity contribution in [3.63, 3.8) is 0 Å². The van der Waals surface area contributed by atoms with Gasteiger partial charge in [0.05, 0.1) is 0 Å². The molecule has 0 aromatic rings. The van der Waals surface area contributed by atoms with Crippen LogP contribution < -0.4 is 0 Å². The molecule has 4 saturated carbocycles. The number of fused-ring (bicyclic) bond motifs is 9. The van der Waals surface area contributed by atoms with Crippen LogP contribution in [0.5, 0.6) is 0 Å². The van der Waals surface area contributed by atoms with Crippen molar-refractivity contribution in [1.82, 2.24) is 0 Å². The first-order valence-corrected chi connectivity index (χ1v) is 10.5. The first kappa shape index (κ1) is 15.0. The molecule has 5 fully saturated rings. The fourth-order valence-corrected chi connectivity index (χ4v) is 8.54. The van der Waals surface area contributed by atoms with E-state index in [9.17, 15) is 9.59 Å². The topological polar surface area (TPSA) is 43.4 Å². The van der Waals surface area contributed by atoms with E-state index in [0.717, 1.165) is 49.4 Å². The minimum atomic E-state index is -0.122. The second-order valence-corrected chi connectivity index (χ2v) is 10.0. The number of carbonyl (C=O) groups excluding carboxylic acids is 2. The normalized spacial score (nSPS) is 55.8. The van der Waals surface area contributed by atoms with Crippen LogP contribution in [-0.4, -0.2) is 17.4 Å². The molecule has 0 aromatic heterocycles. The number of rotatable bonds is 0. The molecule has 0 bridgehead atoms. The predicted octanol–water partition coefficient (Wildman–Crippen LogP) is 4.06. The maximum atomic E-state index is 12.0. The van der Waals surface area contributed by atoms with Gasteiger partial charge in [0.1, 0.15) is 5.60 Å². The Balaban J connectivity index is 1.37. The van der Waals surface area contributed by atoms with Crippen molar-refractivity contribution in [1.29, 1.82) is 0 Å². The van der Waals surface area contributed by atoms with E-state index in [4.69, 9.17) is 4.74 Å². The molecule has 1 spiro atoms. The minimum absolute atomic E-state index is 0.0503. The first-order valence-electron chi connectivity index (χ1n) is 10.5. The van der Waals surface area contributed by atoms with Gasteiger partial charge >= 0.3 is 5.97 Å². The van der Waals surface area contributed by atoms with Crippen LogP contribution in [0, 0.1) is 40.9 Å². The molecule has 1 aliphatic heterocycles. The van der Waals surface area contributed by atoms with Gasteiger partial charge < -0.3 is 4.74 Å². The zero-order chi connectivity index (χ0) is 17.0. The summed E-state index contributed by atoms with van der Waals surface area (Å²) in [6.45, 7) is 2.47. The quantitative estimate of drug-likeness (QED) is 0.625. The lowest BCUT2D eigenvalue weighted by molar-refractivity contribution is -0.174. The van der Waals surface area contributed by atoms with Gasteiger partial charge in [-0.3, -0.25) is 9.59 Å². The highest BCUT2D eigenvalue weighted by atomic mass is 16.6. The number of ether oxygens (including phenoxy) is 1. The molecule has 0 aromatic carbocycles. The third-order valence-electron chi connectivity index (χ3n) is 9.41. The lowest BCUT2D eigenvalue weighted by Gasteiger charge is -2.57. The molecule has 3 heteroatoms. The van der Waals surface area contributed by atoms with E-state index >= 15 is 0 Å². The zero-order valence-corrected chi connectivity index (χ0v) is 15.1. The summed E-state index contributed by atoms with van der Waals surface area (Å²) in [5, 5.41) is 0. The molecule has 5 unspecified atom stereocenters. The van der Waals surface area contributed by atoms with Crippen LogP contribution in [0.2, 0.25) is 0 Å². The molecule has 3 nitrogen and oxygen atoms in total. The van der Waals surface area contributed by atoms with Gasteiger partial charge in [-0.1, -0.05) is 12.5 Å². The van der Waals surface area contributed by atoms with Crippen molar-refractivity contribution in [2.75, 3.05) is 0 Å². The summed E-state index contributed by atoms with van der Waals surface area (Å²) in [5.74, 6) is 4.85. The van der Waals surface area contributed by atoms with Crippen LogP contribution in [0.25, 0.3) is 0 Å². The number of ketones is 1. The number of hydrogen-bond donors (Lipinski definition) is 0. The Labute approximate surface area is 149 Å². The molecule has 1 heterocycles. The van der Waals surface area contributed by atoms with Crippen LogP contribution in [0.4, 0.5) is 0 Å². The highest BCUT2D eigenvalue weighted by molar-refractivity contribution is 5.91. The molecule has 6 rings (SSSR count). The Bertz CT molecular complexity index is 708. The van der Waals surface area contributed by atoms with E-state index in [1.165, 1.54) is 31.3 Å². The standard InChI is InChI=1S/C22H28O3/c1-21-8-6-15-14-5-3-13(23)10-12(14)2-4-16(15)20(21)17-11-18(17)22(21)9-7-19(24)25-22/h10,14-18,20H,2-9,11H2,1H3/t14-,15?,16?,17?,18?,20?,21-,22-/m0/s1. The average Bonchev–Trinajstić information content (AvgIpc) is 3.23. The summed E-state index contributed by atoms with van der Waals surface area (Å²) < 4.78 is 6.14. The highest BCUT2D eigenvalue weighted by Gasteiger charge is 2.78. The Morgan fingerprint density at radius 3 is 2.68 bits per heavy atom. The van der Waals surface area contributed by atoms with E-state index in [2.05, 4.69) is 6.92 Å². The van der Waals surface area contributed by atoms with E-state index < -0.39 is 0 Å². The van der Waals surface area contributed by atoms with Gasteiger partial charge in [-0.05, 0) is 80.6 Å². The van der Waals surface area contributed by atoms with E-state index in [-0.39, 0.29) is 17.0 Å². The molecule has 1 saturated heterocycles. The Kier molecular flexibility index (Phi) is 2.75. The van der Waals surface area contributed by atoms with Crippen LogP contribution in [-0.2, 0) is 14.3 Å². The average molecular weight is 340 g/mol. The predicted molar refractivity (Wildman–Crippen MR) is 92.5 cm³/mol. The van der Waals surface area contributed by atoms with Crippen molar-refractivity contribution in [3.05, 3.63) is 11.6 Å². The number of esters is 1. The summed E-state index contributed by atoms with van der Waals surface area (Å²) in [6, 6.07) is 0. The minimum Gasteiger partial charge on any atom is -0.458 e. The van der Waals surface area contributed by atoms with Gasteiger partial charge in [0, 0.05) is 24.2 Å². The molecular weight excluding hydrogens is 312 g/mol. The molecule has 5 aliphatic carbocycles. The zero-order valence-electron chi connectivity index (χ0n) is 15.1. The fourth-order valence-electron chi connectivity index (χ4n) is 8.54. The molecule has 6 aliphatic rings. The largest absolute Gasteiger partial charge is 0.458 e. The van der Waals surface area contributed by atoms with Gasteiger partial charge in [-0.15, -0.1) is 0 Å². The first-order chi connectivity index (χ1) is 12.0. The van der Waals surface area contributed by atoms with E-state index in [1.54, 1.807) is 0 Å². The van der Waals surface area contributed by atoms with Gasteiger partial charge in [0.15, 0.2) is 5.78 Å². The summed E-state index contributed by atoms with van der Waals surface area (Å²) in [6.07, 6.45) is 11.6. The van der Waals surface area contributed by atoms with Crippen molar-refractivity contribution in [2.45, 2.75) is 70.3 Å². The summed E-state index contributed by atoms with van der Waals surface area (Å²) in [7, 11) is 0. The molecule has 8 atom stereocenters. The van der Waals surface area contributed by atoms with E-state index in [1.807, 2.05) is 6.08 Å². The SMILES string of the molecule is C[C@]12CCC3C(CCC4=CC(=O)CC[C@@H]43)C1C1CC1[C@@]21CCC(=O)O1. The molecule has 134 valence electrons. The number of hydrogen-bond acceptors (Lipinski definition) is 3. The third-order valence-corrected chi connectivity index (χ3v) is 9.41. The second kappa shape index (κ2) is 4.58. The molecule has 0 amide bonds. The molecule has 25 heavy (non-hydrogen) atoms. The Morgan fingerprint density at radius 2 is 1.88 bits per heavy atom. The molecular formula is C22H28O3. The summed E-state index contributed by atoms with van der Waals surface area (Å²) in [4.78, 5) is 23.9. The number of carbonyl (C=O) groups is 2. The summed E-state index contributed by atoms with van der Waals surface area (Å²) >= 11 is 0. The van der Waals surface area contributed by atoms with Crippen LogP contribution in [0.3, 0.4) is 0 Å². The third kappa shape index (κ3) is 1.69. The van der Waals surface area contributed by atoms with Gasteiger partial charge in [-0.25, -0.2) is 0 Å². The smallest absolute Gasteiger partial charge is 0.306 e. The maximum Gasteiger partial charge on any atom is 0.306 e. The maximum absolute atomic E-state index is 12.0. The monoisotopic (exact) mass is 340 g/mol. The van der Waals surface area contributed by atoms with Crippen LogP contribution >= 0.6 is 0 Å². The van der Waals surface area contributed by atoms with Gasteiger partial charge in [-0.2, -0.15) is 0 Å². The highest BCUT2D eigenvalue weighted by Crippen LogP contribution is 2.78. The number of allylic oxidation sites excluding steroid dienone is 1. The van der Waals surface area contributed by atoms with Gasteiger partial charge in [0.2, 0.25) is 0 Å². The van der Waals surface area contributed by atoms with Crippen molar-refractivity contribution in [2.24, 2.45) is 40.9 Å². The van der Waals surface area contributed by atoms with Crippen LogP contribution in [0.1, 0.15) is 64.7 Å². The Hall–Kier alpha value is -1.12. The van der Waals surface area contributed by atoms with Gasteiger partial charge in [0.25, 0.3) is 0 Å². The van der Waals surface area contributed by atoms with Crippen molar-refractivity contribution >= 4 is 11.8 Å². The van der Waals surface area contributed by atoms with Crippen molar-refractivity contribution in [3.8, 4) is 0 Å². The van der Waals surface area contributed by atoms with E-state index in [0.29, 0.717) is 24.0 Å². The second-order valence-electron chi connectivity index (χ2n) is 10.0. The molecule has 0 N–H and O–H groups in total. The van der Waals surface area contributed by atoms with Crippen molar-refractivity contribution < 1.29 is 14.3 Å². The lowest BCUT2D eigenvalue weighted by Crippen LogP contribution is -2.55. The fraction of sp³-hybridized carbons (Fsp3) is 0.818. The molecule has 0 radical (unpaired) electrons. The Morgan fingerprint density at radius 1 is 1.00 bits per heavy atom. The lowest BCUT2D eigenvalue weighted by atomic mass is 9.49. The van der Waals surface area contributed by atoms with Crippen LogP contribution in [0.15, 0.2) is 11.6 Å². The summed E-state index contributed by atoms with van der Waals surface area (Å²) in [5.41, 5.74) is 1.55.